The second-order valence-electron chi connectivity index (χ2n) is 6.65. The van der Waals surface area contributed by atoms with Gasteiger partial charge >= 0.3 is 11.1 Å². The van der Waals surface area contributed by atoms with Crippen LogP contribution in [0.25, 0.3) is 11.0 Å². The highest BCUT2D eigenvalue weighted by molar-refractivity contribution is 5.80. The molecule has 7 heteroatoms. The Morgan fingerprint density at radius 2 is 1.50 bits per heavy atom. The Kier molecular flexibility index (Phi) is 5.56. The molecule has 1 aromatic heterocycles. The topological polar surface area (TPSA) is 67.5 Å². The zero-order valence-electron chi connectivity index (χ0n) is 15.5. The Bertz CT molecular complexity index is 907. The predicted octanol–water partition coefficient (Wildman–Crippen LogP) is 0.737. The van der Waals surface area contributed by atoms with E-state index in [2.05, 4.69) is 11.8 Å². The lowest BCUT2D eigenvalue weighted by Crippen LogP contribution is -2.51. The van der Waals surface area contributed by atoms with E-state index in [1.54, 1.807) is 11.0 Å². The standard InChI is InChI=1S/C19H26N4O3/c1-3-9-20-10-12-21(13-11-20)17(24)14-23-16-8-6-5-7-15(16)22(4-2)18(25)19(23)26/h5-8H,3-4,9-14H2,1-2H3. The number of rotatable bonds is 5. The van der Waals surface area contributed by atoms with Crippen LogP contribution in [-0.4, -0.2) is 57.6 Å². The third kappa shape index (κ3) is 3.44. The molecule has 0 bridgehead atoms. The van der Waals surface area contributed by atoms with Crippen molar-refractivity contribution in [1.82, 2.24) is 18.9 Å². The molecule has 0 radical (unpaired) electrons. The van der Waals surface area contributed by atoms with Gasteiger partial charge in [-0.1, -0.05) is 19.1 Å². The van der Waals surface area contributed by atoms with Crippen LogP contribution >= 0.6 is 0 Å². The van der Waals surface area contributed by atoms with E-state index >= 15 is 0 Å². The minimum atomic E-state index is -0.636. The molecule has 0 spiro atoms. The number of fused-ring (bicyclic) bond motifs is 1. The summed E-state index contributed by atoms with van der Waals surface area (Å²) in [4.78, 5) is 41.8. The lowest BCUT2D eigenvalue weighted by molar-refractivity contribution is -0.133. The average Bonchev–Trinajstić information content (AvgIpc) is 2.66. The Morgan fingerprint density at radius 3 is 2.08 bits per heavy atom. The molecule has 26 heavy (non-hydrogen) atoms. The van der Waals surface area contributed by atoms with E-state index in [9.17, 15) is 14.4 Å². The molecule has 1 saturated heterocycles. The van der Waals surface area contributed by atoms with Gasteiger partial charge in [-0.2, -0.15) is 0 Å². The van der Waals surface area contributed by atoms with Crippen molar-refractivity contribution in [3.63, 3.8) is 0 Å². The summed E-state index contributed by atoms with van der Waals surface area (Å²) in [6, 6.07) is 7.24. The Balaban J connectivity index is 1.88. The zero-order valence-corrected chi connectivity index (χ0v) is 15.5. The predicted molar refractivity (Wildman–Crippen MR) is 101 cm³/mol. The maximum atomic E-state index is 12.7. The first kappa shape index (κ1) is 18.4. The number of amides is 1. The van der Waals surface area contributed by atoms with Gasteiger partial charge in [-0.15, -0.1) is 0 Å². The van der Waals surface area contributed by atoms with Gasteiger partial charge in [-0.25, -0.2) is 0 Å². The second-order valence-corrected chi connectivity index (χ2v) is 6.65. The normalized spacial score (nSPS) is 15.5. The zero-order chi connectivity index (χ0) is 18.7. The summed E-state index contributed by atoms with van der Waals surface area (Å²) in [6.45, 7) is 8.39. The van der Waals surface area contributed by atoms with Crippen LogP contribution in [-0.2, 0) is 17.9 Å². The Morgan fingerprint density at radius 1 is 0.923 bits per heavy atom. The van der Waals surface area contributed by atoms with E-state index in [1.807, 2.05) is 25.1 Å². The van der Waals surface area contributed by atoms with Crippen molar-refractivity contribution >= 4 is 16.9 Å². The number of aryl methyl sites for hydroxylation is 1. The fraction of sp³-hybridized carbons (Fsp3) is 0.526. The molecule has 1 aromatic carbocycles. The van der Waals surface area contributed by atoms with Crippen molar-refractivity contribution in [3.8, 4) is 0 Å². The number of nitrogens with zero attached hydrogens (tertiary/aromatic N) is 4. The summed E-state index contributed by atoms with van der Waals surface area (Å²) in [6.07, 6.45) is 1.10. The fourth-order valence-corrected chi connectivity index (χ4v) is 3.61. The summed E-state index contributed by atoms with van der Waals surface area (Å²) < 4.78 is 2.78. The molecule has 1 aliphatic heterocycles. The van der Waals surface area contributed by atoms with E-state index in [4.69, 9.17) is 0 Å². The lowest BCUT2D eigenvalue weighted by atomic mass is 10.2. The SMILES string of the molecule is CCCN1CCN(C(=O)Cn2c(=O)c(=O)n(CC)c3ccccc32)CC1. The van der Waals surface area contributed by atoms with Crippen LogP contribution in [0.1, 0.15) is 20.3 Å². The van der Waals surface area contributed by atoms with E-state index in [1.165, 1.54) is 9.13 Å². The molecule has 140 valence electrons. The molecular weight excluding hydrogens is 332 g/mol. The number of para-hydroxylation sites is 2. The van der Waals surface area contributed by atoms with Gasteiger partial charge in [0.15, 0.2) is 0 Å². The fourth-order valence-electron chi connectivity index (χ4n) is 3.61. The molecule has 0 unspecified atom stereocenters. The number of piperazine rings is 1. The smallest absolute Gasteiger partial charge is 0.317 e. The van der Waals surface area contributed by atoms with Crippen LogP contribution in [0, 0.1) is 0 Å². The highest BCUT2D eigenvalue weighted by atomic mass is 16.2. The van der Waals surface area contributed by atoms with Crippen molar-refractivity contribution in [1.29, 1.82) is 0 Å². The highest BCUT2D eigenvalue weighted by Crippen LogP contribution is 2.11. The summed E-state index contributed by atoms with van der Waals surface area (Å²) in [5.41, 5.74) is 0.0902. The van der Waals surface area contributed by atoms with Gasteiger partial charge in [0.25, 0.3) is 0 Å². The third-order valence-electron chi connectivity index (χ3n) is 5.01. The van der Waals surface area contributed by atoms with Gasteiger partial charge in [0.1, 0.15) is 6.54 Å². The maximum Gasteiger partial charge on any atom is 0.317 e. The van der Waals surface area contributed by atoms with Crippen LogP contribution in [0.3, 0.4) is 0 Å². The van der Waals surface area contributed by atoms with Crippen molar-refractivity contribution in [2.24, 2.45) is 0 Å². The van der Waals surface area contributed by atoms with Crippen molar-refractivity contribution < 1.29 is 4.79 Å². The number of hydrogen-bond donors (Lipinski definition) is 0. The molecular formula is C19H26N4O3. The van der Waals surface area contributed by atoms with Crippen LogP contribution in [0.15, 0.2) is 33.9 Å². The Labute approximate surface area is 152 Å². The first-order valence-electron chi connectivity index (χ1n) is 9.29. The molecule has 1 amide bonds. The molecule has 0 aliphatic carbocycles. The van der Waals surface area contributed by atoms with E-state index in [0.717, 1.165) is 26.1 Å². The summed E-state index contributed by atoms with van der Waals surface area (Å²) in [5.74, 6) is -0.109. The van der Waals surface area contributed by atoms with Gasteiger partial charge < -0.3 is 9.47 Å². The molecule has 0 atom stereocenters. The lowest BCUT2D eigenvalue weighted by Gasteiger charge is -2.34. The second kappa shape index (κ2) is 7.86. The number of carbonyl (C=O) groups is 1. The minimum absolute atomic E-state index is 0.0904. The largest absolute Gasteiger partial charge is 0.339 e. The summed E-state index contributed by atoms with van der Waals surface area (Å²) >= 11 is 0. The monoisotopic (exact) mass is 358 g/mol. The molecule has 7 nitrogen and oxygen atoms in total. The van der Waals surface area contributed by atoms with Gasteiger partial charge in [-0.05, 0) is 32.0 Å². The van der Waals surface area contributed by atoms with Gasteiger partial charge in [0.05, 0.1) is 11.0 Å². The summed E-state index contributed by atoms with van der Waals surface area (Å²) in [7, 11) is 0. The quantitative estimate of drug-likeness (QED) is 0.740. The maximum absolute atomic E-state index is 12.7. The highest BCUT2D eigenvalue weighted by Gasteiger charge is 2.22. The Hall–Kier alpha value is -2.41. The molecule has 3 rings (SSSR count). The first-order valence-corrected chi connectivity index (χ1v) is 9.29. The van der Waals surface area contributed by atoms with Gasteiger partial charge in [0, 0.05) is 32.7 Å². The van der Waals surface area contributed by atoms with Gasteiger partial charge in [-0.3, -0.25) is 23.9 Å². The van der Waals surface area contributed by atoms with Crippen LogP contribution in [0.5, 0.6) is 0 Å². The number of aromatic nitrogens is 2. The number of benzene rings is 1. The van der Waals surface area contributed by atoms with Crippen LogP contribution in [0.2, 0.25) is 0 Å². The molecule has 0 N–H and O–H groups in total. The molecule has 1 fully saturated rings. The molecule has 1 aliphatic rings. The van der Waals surface area contributed by atoms with Crippen molar-refractivity contribution in [3.05, 3.63) is 45.0 Å². The van der Waals surface area contributed by atoms with Crippen LogP contribution < -0.4 is 11.1 Å². The van der Waals surface area contributed by atoms with E-state index in [0.29, 0.717) is 30.7 Å². The van der Waals surface area contributed by atoms with E-state index in [-0.39, 0.29) is 12.5 Å². The third-order valence-corrected chi connectivity index (χ3v) is 5.01. The molecule has 0 saturated carbocycles. The number of carbonyl (C=O) groups excluding carboxylic acids is 1. The molecule has 2 heterocycles. The summed E-state index contributed by atoms with van der Waals surface area (Å²) in [5, 5.41) is 0. The van der Waals surface area contributed by atoms with Crippen molar-refractivity contribution in [2.45, 2.75) is 33.4 Å². The van der Waals surface area contributed by atoms with Crippen molar-refractivity contribution in [2.75, 3.05) is 32.7 Å². The van der Waals surface area contributed by atoms with E-state index < -0.39 is 11.1 Å². The molecule has 2 aromatic rings. The van der Waals surface area contributed by atoms with Gasteiger partial charge in [0.2, 0.25) is 5.91 Å². The first-order chi connectivity index (χ1) is 12.6. The number of hydrogen-bond acceptors (Lipinski definition) is 4. The minimum Gasteiger partial charge on any atom is -0.339 e. The van der Waals surface area contributed by atoms with Crippen LogP contribution in [0.4, 0.5) is 0 Å². The average molecular weight is 358 g/mol.